The Morgan fingerprint density at radius 1 is 1.06 bits per heavy atom. The molecule has 0 bridgehead atoms. The van der Waals surface area contributed by atoms with Gasteiger partial charge in [0, 0.05) is 29.7 Å². The topological polar surface area (TPSA) is 93.5 Å². The number of piperidine rings is 1. The molecule has 3 amide bonds. The quantitative estimate of drug-likeness (QED) is 0.582. The molecule has 0 radical (unpaired) electrons. The Kier molecular flexibility index (Phi) is 5.35. The van der Waals surface area contributed by atoms with Crippen LogP contribution in [0.5, 0.6) is 5.75 Å². The molecular weight excluding hydrogens is 446 g/mol. The molecule has 34 heavy (non-hydrogen) atoms. The number of hydrogen-bond acceptors (Lipinski definition) is 5. The zero-order valence-electron chi connectivity index (χ0n) is 18.1. The van der Waals surface area contributed by atoms with Crippen molar-refractivity contribution in [2.45, 2.75) is 32.0 Å². The van der Waals surface area contributed by atoms with Crippen molar-refractivity contribution in [1.29, 1.82) is 0 Å². The van der Waals surface area contributed by atoms with Crippen molar-refractivity contribution in [3.8, 4) is 28.1 Å². The summed E-state index contributed by atoms with van der Waals surface area (Å²) in [6.45, 7) is -2.65. The summed E-state index contributed by atoms with van der Waals surface area (Å²) in [6.07, 6.45) is 1.81. The zero-order valence-corrected chi connectivity index (χ0v) is 18.1. The summed E-state index contributed by atoms with van der Waals surface area (Å²) < 4.78 is 33.3. The highest BCUT2D eigenvalue weighted by molar-refractivity contribution is 6.05. The number of methoxy groups -OCH3 is 1. The molecule has 0 spiro atoms. The number of alkyl halides is 2. The van der Waals surface area contributed by atoms with Gasteiger partial charge in [0.05, 0.1) is 19.0 Å². The molecule has 1 atom stereocenters. The van der Waals surface area contributed by atoms with E-state index in [1.165, 1.54) is 18.2 Å². The van der Waals surface area contributed by atoms with Crippen molar-refractivity contribution in [3.63, 3.8) is 0 Å². The third-order valence-corrected chi connectivity index (χ3v) is 6.18. The predicted molar refractivity (Wildman–Crippen MR) is 117 cm³/mol. The maximum absolute atomic E-state index is 13.7. The Bertz CT molecular complexity index is 1300. The van der Waals surface area contributed by atoms with Crippen LogP contribution in [0.15, 0.2) is 48.7 Å². The first kappa shape index (κ1) is 21.7. The lowest BCUT2D eigenvalue weighted by atomic mass is 9.98. The molecule has 2 aliphatic rings. The van der Waals surface area contributed by atoms with Gasteiger partial charge in [0.1, 0.15) is 11.8 Å². The van der Waals surface area contributed by atoms with Crippen LogP contribution in [-0.4, -0.2) is 45.6 Å². The molecule has 1 aromatic heterocycles. The number of ether oxygens (including phenoxy) is 1. The van der Waals surface area contributed by atoms with E-state index in [0.717, 1.165) is 0 Å². The first-order valence-corrected chi connectivity index (χ1v) is 10.7. The van der Waals surface area contributed by atoms with Gasteiger partial charge in [0.2, 0.25) is 11.8 Å². The molecule has 3 heterocycles. The number of carbonyl (C=O) groups excluding carboxylic acids is 3. The minimum Gasteiger partial charge on any atom is -0.497 e. The van der Waals surface area contributed by atoms with Gasteiger partial charge in [-0.3, -0.25) is 19.7 Å². The average Bonchev–Trinajstić information content (AvgIpc) is 3.41. The average molecular weight is 466 g/mol. The fraction of sp³-hybridized carbons (Fsp3) is 0.250. The van der Waals surface area contributed by atoms with Crippen molar-refractivity contribution < 1.29 is 27.9 Å². The SMILES string of the molecule is COc1ccc(-c2c(-c3ccc4c(c3)CN(C3CCC(=O)NC3=O)C4=O)cnn2C(F)F)cc1. The van der Waals surface area contributed by atoms with Gasteiger partial charge >= 0.3 is 6.55 Å². The second-order valence-electron chi connectivity index (χ2n) is 8.13. The van der Waals surface area contributed by atoms with Crippen LogP contribution in [-0.2, 0) is 16.1 Å². The third-order valence-electron chi connectivity index (χ3n) is 6.18. The number of nitrogens with one attached hydrogen (secondary N) is 1. The fourth-order valence-corrected chi connectivity index (χ4v) is 4.50. The summed E-state index contributed by atoms with van der Waals surface area (Å²) in [5.41, 5.74) is 3.01. The van der Waals surface area contributed by atoms with Gasteiger partial charge in [-0.15, -0.1) is 0 Å². The minimum atomic E-state index is -2.84. The highest BCUT2D eigenvalue weighted by Crippen LogP contribution is 2.37. The molecule has 1 unspecified atom stereocenters. The standard InChI is InChI=1S/C24H20F2N4O4/c1-34-16-5-2-13(3-6-16)21-18(11-27-30(21)24(25)26)14-4-7-17-15(10-14)12-29(23(17)33)19-8-9-20(31)28-22(19)32/h2-7,10-11,19,24H,8-9,12H2,1H3,(H,28,31,32). The van der Waals surface area contributed by atoms with E-state index in [4.69, 9.17) is 4.74 Å². The molecule has 5 rings (SSSR count). The lowest BCUT2D eigenvalue weighted by molar-refractivity contribution is -0.136. The van der Waals surface area contributed by atoms with Gasteiger partial charge < -0.3 is 9.64 Å². The van der Waals surface area contributed by atoms with Gasteiger partial charge in [0.15, 0.2) is 0 Å². The van der Waals surface area contributed by atoms with Crippen LogP contribution in [0.4, 0.5) is 8.78 Å². The number of amides is 3. The van der Waals surface area contributed by atoms with Crippen LogP contribution >= 0.6 is 0 Å². The number of carbonyl (C=O) groups is 3. The summed E-state index contributed by atoms with van der Waals surface area (Å²) in [5, 5.41) is 6.17. The van der Waals surface area contributed by atoms with E-state index in [9.17, 15) is 23.2 Å². The van der Waals surface area contributed by atoms with E-state index < -0.39 is 18.5 Å². The Morgan fingerprint density at radius 2 is 1.79 bits per heavy atom. The van der Waals surface area contributed by atoms with Crippen molar-refractivity contribution in [3.05, 3.63) is 59.8 Å². The highest BCUT2D eigenvalue weighted by Gasteiger charge is 2.39. The Labute approximate surface area is 193 Å². The number of aromatic nitrogens is 2. The van der Waals surface area contributed by atoms with E-state index in [-0.39, 0.29) is 36.9 Å². The van der Waals surface area contributed by atoms with Crippen LogP contribution in [0.3, 0.4) is 0 Å². The molecule has 2 aromatic carbocycles. The van der Waals surface area contributed by atoms with Crippen LogP contribution in [0.1, 0.15) is 35.3 Å². The van der Waals surface area contributed by atoms with E-state index in [1.807, 2.05) is 0 Å². The van der Waals surface area contributed by atoms with Gasteiger partial charge in [-0.1, -0.05) is 6.07 Å². The second kappa shape index (κ2) is 8.36. The molecule has 3 aromatic rings. The van der Waals surface area contributed by atoms with Crippen molar-refractivity contribution in [1.82, 2.24) is 20.0 Å². The van der Waals surface area contributed by atoms with E-state index in [0.29, 0.717) is 38.2 Å². The zero-order chi connectivity index (χ0) is 24.0. The maximum Gasteiger partial charge on any atom is 0.333 e. The number of fused-ring (bicyclic) bond motifs is 1. The summed E-state index contributed by atoms with van der Waals surface area (Å²) >= 11 is 0. The summed E-state index contributed by atoms with van der Waals surface area (Å²) in [7, 11) is 1.52. The van der Waals surface area contributed by atoms with Crippen LogP contribution in [0.25, 0.3) is 22.4 Å². The highest BCUT2D eigenvalue weighted by atomic mass is 19.3. The molecule has 1 fully saturated rings. The molecular formula is C24H20F2N4O4. The number of imide groups is 1. The molecule has 174 valence electrons. The first-order chi connectivity index (χ1) is 16.4. The molecule has 1 N–H and O–H groups in total. The van der Waals surface area contributed by atoms with E-state index in [2.05, 4.69) is 10.4 Å². The normalized spacial score (nSPS) is 17.8. The predicted octanol–water partition coefficient (Wildman–Crippen LogP) is 3.38. The smallest absolute Gasteiger partial charge is 0.333 e. The molecule has 1 saturated heterocycles. The Hall–Kier alpha value is -4.08. The van der Waals surface area contributed by atoms with Crippen molar-refractivity contribution >= 4 is 17.7 Å². The number of halogens is 2. The van der Waals surface area contributed by atoms with E-state index >= 15 is 0 Å². The summed E-state index contributed by atoms with van der Waals surface area (Å²) in [4.78, 5) is 38.1. The number of benzene rings is 2. The lowest BCUT2D eigenvalue weighted by Gasteiger charge is -2.29. The lowest BCUT2D eigenvalue weighted by Crippen LogP contribution is -2.52. The Balaban J connectivity index is 1.51. The fourth-order valence-electron chi connectivity index (χ4n) is 4.50. The molecule has 0 aliphatic carbocycles. The minimum absolute atomic E-state index is 0.166. The van der Waals surface area contributed by atoms with Crippen LogP contribution in [0.2, 0.25) is 0 Å². The van der Waals surface area contributed by atoms with Crippen molar-refractivity contribution in [2.75, 3.05) is 7.11 Å². The van der Waals surface area contributed by atoms with Crippen LogP contribution in [0, 0.1) is 0 Å². The number of rotatable bonds is 5. The molecule has 2 aliphatic heterocycles. The largest absolute Gasteiger partial charge is 0.497 e. The van der Waals surface area contributed by atoms with Gasteiger partial charge in [-0.05, 0) is 53.9 Å². The van der Waals surface area contributed by atoms with Gasteiger partial charge in [-0.25, -0.2) is 4.68 Å². The van der Waals surface area contributed by atoms with Gasteiger partial charge in [-0.2, -0.15) is 13.9 Å². The number of nitrogens with zero attached hydrogens (tertiary/aromatic N) is 3. The maximum atomic E-state index is 13.7. The monoisotopic (exact) mass is 466 g/mol. The third kappa shape index (κ3) is 3.60. The molecule has 0 saturated carbocycles. The molecule has 10 heteroatoms. The summed E-state index contributed by atoms with van der Waals surface area (Å²) in [5.74, 6) is -0.542. The number of hydrogen-bond donors (Lipinski definition) is 1. The van der Waals surface area contributed by atoms with Crippen LogP contribution < -0.4 is 10.1 Å². The molecule has 8 nitrogen and oxygen atoms in total. The first-order valence-electron chi connectivity index (χ1n) is 10.7. The second-order valence-corrected chi connectivity index (χ2v) is 8.13. The van der Waals surface area contributed by atoms with Gasteiger partial charge in [0.25, 0.3) is 5.91 Å². The summed E-state index contributed by atoms with van der Waals surface area (Å²) in [6, 6.07) is 11.1. The van der Waals surface area contributed by atoms with Crippen molar-refractivity contribution in [2.24, 2.45) is 0 Å². The Morgan fingerprint density at radius 3 is 2.47 bits per heavy atom. The van der Waals surface area contributed by atoms with E-state index in [1.54, 1.807) is 42.5 Å².